The van der Waals surface area contributed by atoms with Crippen molar-refractivity contribution >= 4 is 5.91 Å². The van der Waals surface area contributed by atoms with Gasteiger partial charge >= 0.3 is 0 Å². The lowest BCUT2D eigenvalue weighted by Gasteiger charge is -2.19. The molecule has 0 fully saturated rings. The smallest absolute Gasteiger partial charge is 0.268 e. The van der Waals surface area contributed by atoms with Crippen LogP contribution in [0.2, 0.25) is 0 Å². The molecule has 25 heavy (non-hydrogen) atoms. The van der Waals surface area contributed by atoms with Gasteiger partial charge in [-0.25, -0.2) is 0 Å². The molecule has 1 N–H and O–H groups in total. The van der Waals surface area contributed by atoms with E-state index in [0.717, 1.165) is 17.0 Å². The van der Waals surface area contributed by atoms with E-state index in [-0.39, 0.29) is 5.91 Å². The van der Waals surface area contributed by atoms with Gasteiger partial charge in [0.2, 0.25) is 0 Å². The topological polar surface area (TPSA) is 65.4 Å². The van der Waals surface area contributed by atoms with Crippen molar-refractivity contribution in [3.05, 3.63) is 72.3 Å². The predicted molar refractivity (Wildman–Crippen MR) is 92.2 cm³/mol. The fourth-order valence-corrected chi connectivity index (χ4v) is 2.75. The first-order valence-electron chi connectivity index (χ1n) is 8.06. The molecule has 0 spiro atoms. The van der Waals surface area contributed by atoms with Gasteiger partial charge in [-0.15, -0.1) is 0 Å². The highest BCUT2D eigenvalue weighted by molar-refractivity contribution is 5.93. The van der Waals surface area contributed by atoms with Crippen LogP contribution in [0.4, 0.5) is 0 Å². The lowest BCUT2D eigenvalue weighted by molar-refractivity contribution is 0.0944. The summed E-state index contributed by atoms with van der Waals surface area (Å²) in [6.07, 6.45) is 5.29. The molecule has 0 saturated carbocycles. The molecule has 6 nitrogen and oxygen atoms in total. The largest absolute Gasteiger partial charge is 0.486 e. The quantitative estimate of drug-likeness (QED) is 0.796. The van der Waals surface area contributed by atoms with Crippen molar-refractivity contribution in [2.75, 3.05) is 13.2 Å². The number of nitrogens with zero attached hydrogens (tertiary/aromatic N) is 2. The molecule has 0 atom stereocenters. The van der Waals surface area contributed by atoms with Crippen molar-refractivity contribution < 1.29 is 14.3 Å². The number of pyridine rings is 1. The van der Waals surface area contributed by atoms with Crippen LogP contribution in [0.5, 0.6) is 11.5 Å². The van der Waals surface area contributed by atoms with Crippen LogP contribution >= 0.6 is 0 Å². The summed E-state index contributed by atoms with van der Waals surface area (Å²) >= 11 is 0. The van der Waals surface area contributed by atoms with Gasteiger partial charge in [0.15, 0.2) is 11.5 Å². The van der Waals surface area contributed by atoms with Gasteiger partial charge in [-0.3, -0.25) is 9.78 Å². The van der Waals surface area contributed by atoms with Gasteiger partial charge in [-0.05, 0) is 35.9 Å². The summed E-state index contributed by atoms with van der Waals surface area (Å²) in [5, 5.41) is 2.92. The van der Waals surface area contributed by atoms with Gasteiger partial charge in [-0.2, -0.15) is 0 Å². The molecule has 0 radical (unpaired) electrons. The zero-order valence-electron chi connectivity index (χ0n) is 13.5. The van der Waals surface area contributed by atoms with Crippen LogP contribution in [0.15, 0.2) is 61.1 Å². The van der Waals surface area contributed by atoms with E-state index >= 15 is 0 Å². The molecule has 6 heteroatoms. The molecule has 1 amide bonds. The van der Waals surface area contributed by atoms with Gasteiger partial charge in [0.25, 0.3) is 5.91 Å². The third kappa shape index (κ3) is 3.19. The standard InChI is InChI=1S/C19H17N3O3/c23-19(21-13-14-3-1-7-20-12-14)16-4-2-8-22(16)15-5-6-17-18(11-15)25-10-9-24-17/h1-8,11-12H,9-10,13H2,(H,21,23). The minimum absolute atomic E-state index is 0.149. The summed E-state index contributed by atoms with van der Waals surface area (Å²) in [6.45, 7) is 1.51. The van der Waals surface area contributed by atoms with Gasteiger partial charge in [-0.1, -0.05) is 6.07 Å². The van der Waals surface area contributed by atoms with Crippen molar-refractivity contribution in [3.63, 3.8) is 0 Å². The maximum absolute atomic E-state index is 12.6. The number of carbonyl (C=O) groups excluding carboxylic acids is 1. The number of ether oxygens (including phenoxy) is 2. The number of aromatic nitrogens is 2. The lowest BCUT2D eigenvalue weighted by Crippen LogP contribution is -2.25. The van der Waals surface area contributed by atoms with Crippen molar-refractivity contribution in [1.29, 1.82) is 0 Å². The SMILES string of the molecule is O=C(NCc1cccnc1)c1cccn1-c1ccc2c(c1)OCCO2. The fraction of sp³-hybridized carbons (Fsp3) is 0.158. The molecule has 3 aromatic rings. The Morgan fingerprint density at radius 1 is 1.12 bits per heavy atom. The number of hydrogen-bond donors (Lipinski definition) is 1. The highest BCUT2D eigenvalue weighted by atomic mass is 16.6. The molecule has 2 aromatic heterocycles. The van der Waals surface area contributed by atoms with E-state index in [9.17, 15) is 4.79 Å². The summed E-state index contributed by atoms with van der Waals surface area (Å²) < 4.78 is 13.0. The first-order chi connectivity index (χ1) is 12.3. The number of nitrogens with one attached hydrogen (secondary N) is 1. The van der Waals surface area contributed by atoms with Crippen LogP contribution in [0.25, 0.3) is 5.69 Å². The summed E-state index contributed by atoms with van der Waals surface area (Å²) in [6, 6.07) is 13.1. The zero-order chi connectivity index (χ0) is 17.1. The molecule has 3 heterocycles. The van der Waals surface area contributed by atoms with Crippen molar-refractivity contribution in [2.24, 2.45) is 0 Å². The molecule has 4 rings (SSSR count). The molecule has 126 valence electrons. The summed E-state index contributed by atoms with van der Waals surface area (Å²) in [7, 11) is 0. The Kier molecular flexibility index (Phi) is 4.08. The first kappa shape index (κ1) is 15.3. The highest BCUT2D eigenvalue weighted by Gasteiger charge is 2.16. The summed E-state index contributed by atoms with van der Waals surface area (Å²) in [4.78, 5) is 16.6. The second kappa shape index (κ2) is 6.68. The molecule has 1 aromatic carbocycles. The Bertz CT molecular complexity index is 890. The lowest BCUT2D eigenvalue weighted by atomic mass is 10.2. The maximum Gasteiger partial charge on any atom is 0.268 e. The number of amides is 1. The minimum Gasteiger partial charge on any atom is -0.486 e. The third-order valence-electron chi connectivity index (χ3n) is 3.96. The molecule has 0 bridgehead atoms. The molecular formula is C19H17N3O3. The first-order valence-corrected chi connectivity index (χ1v) is 8.06. The second-order valence-corrected chi connectivity index (χ2v) is 5.64. The number of carbonyl (C=O) groups is 1. The average molecular weight is 335 g/mol. The maximum atomic E-state index is 12.6. The fourth-order valence-electron chi connectivity index (χ4n) is 2.75. The van der Waals surface area contributed by atoms with Crippen LogP contribution in [0, 0.1) is 0 Å². The van der Waals surface area contributed by atoms with E-state index in [1.165, 1.54) is 0 Å². The number of benzene rings is 1. The summed E-state index contributed by atoms with van der Waals surface area (Å²) in [5.74, 6) is 1.27. The van der Waals surface area contributed by atoms with E-state index in [0.29, 0.717) is 31.2 Å². The van der Waals surface area contributed by atoms with E-state index in [2.05, 4.69) is 10.3 Å². The Balaban J connectivity index is 1.55. The molecule has 1 aliphatic rings. The Morgan fingerprint density at radius 2 is 2.00 bits per heavy atom. The van der Waals surface area contributed by atoms with Gasteiger partial charge < -0.3 is 19.4 Å². The second-order valence-electron chi connectivity index (χ2n) is 5.64. The zero-order valence-corrected chi connectivity index (χ0v) is 13.5. The van der Waals surface area contributed by atoms with Crippen molar-refractivity contribution in [3.8, 4) is 17.2 Å². The van der Waals surface area contributed by atoms with E-state index in [4.69, 9.17) is 9.47 Å². The van der Waals surface area contributed by atoms with Gasteiger partial charge in [0, 0.05) is 36.9 Å². The van der Waals surface area contributed by atoms with Gasteiger partial charge in [0.1, 0.15) is 18.9 Å². The van der Waals surface area contributed by atoms with Crippen molar-refractivity contribution in [1.82, 2.24) is 14.9 Å². The van der Waals surface area contributed by atoms with Gasteiger partial charge in [0.05, 0.1) is 0 Å². The molecule has 1 aliphatic heterocycles. The van der Waals surface area contributed by atoms with Crippen LogP contribution in [-0.4, -0.2) is 28.7 Å². The number of fused-ring (bicyclic) bond motifs is 1. The average Bonchev–Trinajstić information content (AvgIpc) is 3.16. The van der Waals surface area contributed by atoms with E-state index in [1.54, 1.807) is 18.5 Å². The van der Waals surface area contributed by atoms with Crippen LogP contribution in [0.3, 0.4) is 0 Å². The highest BCUT2D eigenvalue weighted by Crippen LogP contribution is 2.32. The normalized spacial score (nSPS) is 12.6. The number of rotatable bonds is 4. The predicted octanol–water partition coefficient (Wildman–Crippen LogP) is 2.57. The minimum atomic E-state index is -0.149. The van der Waals surface area contributed by atoms with Crippen LogP contribution < -0.4 is 14.8 Å². The molecule has 0 unspecified atom stereocenters. The number of hydrogen-bond acceptors (Lipinski definition) is 4. The molecule has 0 aliphatic carbocycles. The van der Waals surface area contributed by atoms with Crippen LogP contribution in [-0.2, 0) is 6.54 Å². The Morgan fingerprint density at radius 3 is 2.84 bits per heavy atom. The third-order valence-corrected chi connectivity index (χ3v) is 3.96. The molecular weight excluding hydrogens is 318 g/mol. The molecule has 0 saturated heterocycles. The Hall–Kier alpha value is -3.28. The Labute approximate surface area is 145 Å². The van der Waals surface area contributed by atoms with E-state index < -0.39 is 0 Å². The van der Waals surface area contributed by atoms with Crippen molar-refractivity contribution in [2.45, 2.75) is 6.54 Å². The van der Waals surface area contributed by atoms with Crippen LogP contribution in [0.1, 0.15) is 16.1 Å². The monoisotopic (exact) mass is 335 g/mol. The summed E-state index contributed by atoms with van der Waals surface area (Å²) in [5.41, 5.74) is 2.36. The van der Waals surface area contributed by atoms with E-state index in [1.807, 2.05) is 47.2 Å².